The number of rotatable bonds is 6. The Bertz CT molecular complexity index is 424. The highest BCUT2D eigenvalue weighted by Gasteiger charge is 2.15. The maximum atomic E-state index is 9.94. The molecule has 0 radical (unpaired) electrons. The number of hydrogen-bond donors (Lipinski definition) is 2. The minimum absolute atomic E-state index is 0.334. The van der Waals surface area contributed by atoms with Gasteiger partial charge in [-0.15, -0.1) is 0 Å². The summed E-state index contributed by atoms with van der Waals surface area (Å²) in [7, 11) is 0. The Labute approximate surface area is 133 Å². The van der Waals surface area contributed by atoms with Crippen LogP contribution in [-0.4, -0.2) is 30.5 Å². The third-order valence-electron chi connectivity index (χ3n) is 3.54. The highest BCUT2D eigenvalue weighted by molar-refractivity contribution is 9.10. The number of ether oxygens (including phenoxy) is 1. The third-order valence-corrected chi connectivity index (χ3v) is 4.77. The van der Waals surface area contributed by atoms with E-state index < -0.39 is 6.10 Å². The number of hydrogen-bond acceptors (Lipinski definition) is 3. The summed E-state index contributed by atoms with van der Waals surface area (Å²) in [5.74, 6) is 0. The van der Waals surface area contributed by atoms with Gasteiger partial charge in [0.15, 0.2) is 0 Å². The molecule has 0 spiro atoms. The van der Waals surface area contributed by atoms with Gasteiger partial charge in [0.1, 0.15) is 0 Å². The molecule has 1 aliphatic rings. The summed E-state index contributed by atoms with van der Waals surface area (Å²) >= 11 is 9.37. The molecular weight excluding hydrogens is 342 g/mol. The molecule has 0 aromatic heterocycles. The van der Waals surface area contributed by atoms with Crippen molar-refractivity contribution in [2.45, 2.75) is 44.3 Å². The number of benzene rings is 1. The fourth-order valence-corrected chi connectivity index (χ4v) is 2.81. The van der Waals surface area contributed by atoms with Crippen molar-refractivity contribution >= 4 is 33.2 Å². The molecule has 1 saturated carbocycles. The minimum atomic E-state index is -0.501. The third kappa shape index (κ3) is 5.24. The summed E-state index contributed by atoms with van der Waals surface area (Å²) in [4.78, 5) is 0. The Morgan fingerprint density at radius 2 is 2.10 bits per heavy atom. The monoisotopic (exact) mass is 361 g/mol. The van der Waals surface area contributed by atoms with Crippen LogP contribution in [0.5, 0.6) is 0 Å². The van der Waals surface area contributed by atoms with Crippen molar-refractivity contribution in [3.63, 3.8) is 0 Å². The maximum Gasteiger partial charge on any atom is 0.0945 e. The maximum absolute atomic E-state index is 9.94. The molecule has 1 atom stereocenters. The Kier molecular flexibility index (Phi) is 6.62. The predicted octanol–water partition coefficient (Wildman–Crippen LogP) is 4.22. The summed E-state index contributed by atoms with van der Waals surface area (Å²) in [6.07, 6.45) is 5.89. The first-order valence-electron chi connectivity index (χ1n) is 7.14. The van der Waals surface area contributed by atoms with Crippen LogP contribution in [0, 0.1) is 0 Å². The van der Waals surface area contributed by atoms with Crippen molar-refractivity contribution < 1.29 is 9.84 Å². The van der Waals surface area contributed by atoms with Crippen LogP contribution in [0.4, 0.5) is 5.69 Å². The minimum Gasteiger partial charge on any atom is -0.389 e. The van der Waals surface area contributed by atoms with E-state index in [-0.39, 0.29) is 0 Å². The van der Waals surface area contributed by atoms with Gasteiger partial charge in [0, 0.05) is 16.7 Å². The average molecular weight is 363 g/mol. The van der Waals surface area contributed by atoms with Crippen molar-refractivity contribution in [2.75, 3.05) is 18.5 Å². The number of anilines is 1. The zero-order chi connectivity index (χ0) is 14.4. The van der Waals surface area contributed by atoms with Crippen molar-refractivity contribution in [1.82, 2.24) is 0 Å². The first-order chi connectivity index (χ1) is 9.65. The molecule has 112 valence electrons. The summed E-state index contributed by atoms with van der Waals surface area (Å²) < 4.78 is 6.62. The molecule has 0 heterocycles. The van der Waals surface area contributed by atoms with E-state index in [2.05, 4.69) is 21.2 Å². The molecular formula is C15H21BrClNO2. The van der Waals surface area contributed by atoms with Gasteiger partial charge in [-0.2, -0.15) is 0 Å². The van der Waals surface area contributed by atoms with Gasteiger partial charge in [0.25, 0.3) is 0 Å². The van der Waals surface area contributed by atoms with Gasteiger partial charge < -0.3 is 15.2 Å². The number of aliphatic hydroxyl groups is 1. The van der Waals surface area contributed by atoms with Crippen molar-refractivity contribution in [1.29, 1.82) is 0 Å². The summed E-state index contributed by atoms with van der Waals surface area (Å²) in [6, 6.07) is 5.64. The summed E-state index contributed by atoms with van der Waals surface area (Å²) in [5.41, 5.74) is 0.898. The van der Waals surface area contributed by atoms with Crippen molar-refractivity contribution in [2.24, 2.45) is 0 Å². The van der Waals surface area contributed by atoms with Crippen molar-refractivity contribution in [3.05, 3.63) is 27.7 Å². The van der Waals surface area contributed by atoms with Crippen LogP contribution in [0.2, 0.25) is 5.02 Å². The Hall–Kier alpha value is -0.290. The standard InChI is InChI=1S/C15H21BrClNO2/c16-14-7-6-11(8-15(14)17)18-9-12(19)10-20-13-4-2-1-3-5-13/h6-8,12-13,18-19H,1-5,9-10H2. The lowest BCUT2D eigenvalue weighted by Crippen LogP contribution is -2.28. The van der Waals surface area contributed by atoms with Gasteiger partial charge >= 0.3 is 0 Å². The molecule has 3 nitrogen and oxygen atoms in total. The molecule has 1 aromatic carbocycles. The molecule has 1 aromatic rings. The molecule has 0 saturated heterocycles. The largest absolute Gasteiger partial charge is 0.389 e. The SMILES string of the molecule is OC(CNc1ccc(Br)c(Cl)c1)COC1CCCCC1. The van der Waals surface area contributed by atoms with E-state index in [1.807, 2.05) is 18.2 Å². The smallest absolute Gasteiger partial charge is 0.0945 e. The average Bonchev–Trinajstić information content (AvgIpc) is 2.47. The Morgan fingerprint density at radius 3 is 2.80 bits per heavy atom. The quantitative estimate of drug-likeness (QED) is 0.796. The first kappa shape index (κ1) is 16.1. The fraction of sp³-hybridized carbons (Fsp3) is 0.600. The van der Waals surface area contributed by atoms with Crippen LogP contribution in [0.3, 0.4) is 0 Å². The Morgan fingerprint density at radius 1 is 1.35 bits per heavy atom. The van der Waals surface area contributed by atoms with Crippen LogP contribution >= 0.6 is 27.5 Å². The fourth-order valence-electron chi connectivity index (χ4n) is 2.38. The molecule has 0 bridgehead atoms. The van der Waals surface area contributed by atoms with E-state index in [1.54, 1.807) is 0 Å². The van der Waals surface area contributed by atoms with Gasteiger partial charge in [-0.05, 0) is 47.0 Å². The van der Waals surface area contributed by atoms with E-state index in [9.17, 15) is 5.11 Å². The van der Waals surface area contributed by atoms with Crippen LogP contribution in [0.25, 0.3) is 0 Å². The molecule has 2 rings (SSSR count). The van der Waals surface area contributed by atoms with Gasteiger partial charge in [0.2, 0.25) is 0 Å². The second-order valence-electron chi connectivity index (χ2n) is 5.26. The highest BCUT2D eigenvalue weighted by Crippen LogP contribution is 2.25. The van der Waals surface area contributed by atoms with Crippen LogP contribution in [0.1, 0.15) is 32.1 Å². The highest BCUT2D eigenvalue weighted by atomic mass is 79.9. The number of aliphatic hydroxyl groups excluding tert-OH is 1. The molecule has 1 aliphatic carbocycles. The van der Waals surface area contributed by atoms with Crippen LogP contribution in [-0.2, 0) is 4.74 Å². The molecule has 2 N–H and O–H groups in total. The predicted molar refractivity (Wildman–Crippen MR) is 86.5 cm³/mol. The molecule has 0 aliphatic heterocycles. The van der Waals surface area contributed by atoms with Gasteiger partial charge in [-0.25, -0.2) is 0 Å². The molecule has 20 heavy (non-hydrogen) atoms. The molecule has 1 unspecified atom stereocenters. The normalized spacial score (nSPS) is 17.9. The van der Waals surface area contributed by atoms with E-state index in [1.165, 1.54) is 19.3 Å². The lowest BCUT2D eigenvalue weighted by atomic mass is 9.98. The van der Waals surface area contributed by atoms with E-state index >= 15 is 0 Å². The van der Waals surface area contributed by atoms with Gasteiger partial charge in [-0.3, -0.25) is 0 Å². The topological polar surface area (TPSA) is 41.5 Å². The second-order valence-corrected chi connectivity index (χ2v) is 6.52. The van der Waals surface area contributed by atoms with Gasteiger partial charge in [0.05, 0.1) is 23.8 Å². The zero-order valence-electron chi connectivity index (χ0n) is 11.4. The molecule has 1 fully saturated rings. The number of halogens is 2. The van der Waals surface area contributed by atoms with Crippen LogP contribution < -0.4 is 5.32 Å². The first-order valence-corrected chi connectivity index (χ1v) is 8.31. The summed E-state index contributed by atoms with van der Waals surface area (Å²) in [5, 5.41) is 13.8. The zero-order valence-corrected chi connectivity index (χ0v) is 13.8. The van der Waals surface area contributed by atoms with E-state index in [0.717, 1.165) is 23.0 Å². The Balaban J connectivity index is 1.68. The van der Waals surface area contributed by atoms with Gasteiger partial charge in [-0.1, -0.05) is 30.9 Å². The van der Waals surface area contributed by atoms with E-state index in [0.29, 0.717) is 24.3 Å². The molecule has 5 heteroatoms. The van der Waals surface area contributed by atoms with Crippen LogP contribution in [0.15, 0.2) is 22.7 Å². The lowest BCUT2D eigenvalue weighted by molar-refractivity contribution is -0.0195. The summed E-state index contributed by atoms with van der Waals surface area (Å²) in [6.45, 7) is 0.854. The lowest BCUT2D eigenvalue weighted by Gasteiger charge is -2.23. The second kappa shape index (κ2) is 8.23. The molecule has 0 amide bonds. The number of nitrogens with one attached hydrogen (secondary N) is 1. The van der Waals surface area contributed by atoms with E-state index in [4.69, 9.17) is 16.3 Å². The van der Waals surface area contributed by atoms with Crippen molar-refractivity contribution in [3.8, 4) is 0 Å².